The number of thiophene rings is 1. The molecule has 8 heteroatoms. The van der Waals surface area contributed by atoms with Gasteiger partial charge in [-0.15, -0.1) is 0 Å². The maximum atomic E-state index is 12.1. The Kier molecular flexibility index (Phi) is 5.75. The fourth-order valence-electron chi connectivity index (χ4n) is 2.65. The number of benzene rings is 1. The average molecular weight is 375 g/mol. The van der Waals surface area contributed by atoms with E-state index in [1.54, 1.807) is 23.5 Å². The smallest absolute Gasteiger partial charge is 0.309 e. The number of carbonyl (C=O) groups excluding carboxylic acids is 2. The molecule has 7 nitrogen and oxygen atoms in total. The van der Waals surface area contributed by atoms with Crippen LogP contribution in [0.25, 0.3) is 0 Å². The van der Waals surface area contributed by atoms with Gasteiger partial charge in [-0.3, -0.25) is 9.59 Å². The van der Waals surface area contributed by atoms with Gasteiger partial charge in [0.1, 0.15) is 0 Å². The van der Waals surface area contributed by atoms with Crippen LogP contribution in [0.1, 0.15) is 17.2 Å². The van der Waals surface area contributed by atoms with Gasteiger partial charge in [0.15, 0.2) is 11.5 Å². The minimum Gasteiger partial charge on any atom is -0.454 e. The summed E-state index contributed by atoms with van der Waals surface area (Å²) in [6.07, 6.45) is 0. The molecule has 2 aromatic rings. The Morgan fingerprint density at radius 3 is 2.65 bits per heavy atom. The van der Waals surface area contributed by atoms with E-state index in [2.05, 4.69) is 10.6 Å². The first-order chi connectivity index (χ1) is 12.5. The second-order valence-electron chi connectivity index (χ2n) is 6.12. The normalized spacial score (nSPS) is 13.5. The number of ether oxygens (including phenoxy) is 2. The summed E-state index contributed by atoms with van der Waals surface area (Å²) >= 11 is 1.60. The molecule has 3 rings (SSSR count). The number of nitrogens with one attached hydrogen (secondary N) is 2. The highest BCUT2D eigenvalue weighted by atomic mass is 32.1. The van der Waals surface area contributed by atoms with Crippen molar-refractivity contribution < 1.29 is 19.1 Å². The Labute approximate surface area is 155 Å². The first-order valence-electron chi connectivity index (χ1n) is 8.17. The monoisotopic (exact) mass is 375 g/mol. The molecule has 0 radical (unpaired) electrons. The van der Waals surface area contributed by atoms with Gasteiger partial charge < -0.3 is 25.0 Å². The van der Waals surface area contributed by atoms with Gasteiger partial charge in [-0.2, -0.15) is 11.3 Å². The van der Waals surface area contributed by atoms with E-state index in [1.807, 2.05) is 41.9 Å². The Morgan fingerprint density at radius 1 is 1.15 bits per heavy atom. The van der Waals surface area contributed by atoms with Crippen LogP contribution < -0.4 is 20.1 Å². The zero-order valence-electron chi connectivity index (χ0n) is 14.7. The van der Waals surface area contributed by atoms with Gasteiger partial charge in [0.05, 0.1) is 6.04 Å². The van der Waals surface area contributed by atoms with Gasteiger partial charge in [0.25, 0.3) is 0 Å². The molecular formula is C18H21N3O4S. The summed E-state index contributed by atoms with van der Waals surface area (Å²) < 4.78 is 10.5. The Bertz CT molecular complexity index is 777. The molecule has 1 atom stereocenters. The molecule has 1 aromatic heterocycles. The molecule has 0 bridgehead atoms. The maximum absolute atomic E-state index is 12.1. The van der Waals surface area contributed by atoms with Gasteiger partial charge in [-0.05, 0) is 54.2 Å². The summed E-state index contributed by atoms with van der Waals surface area (Å²) in [5.74, 6) is 0.0186. The third-order valence-corrected chi connectivity index (χ3v) is 4.81. The van der Waals surface area contributed by atoms with Crippen molar-refractivity contribution >= 4 is 23.2 Å². The molecule has 0 aliphatic carbocycles. The molecule has 0 saturated carbocycles. The summed E-state index contributed by atoms with van der Waals surface area (Å²) in [5.41, 5.74) is 1.95. The van der Waals surface area contributed by atoms with Crippen molar-refractivity contribution in [1.82, 2.24) is 15.5 Å². The highest BCUT2D eigenvalue weighted by molar-refractivity contribution is 7.07. The molecule has 138 valence electrons. The number of amides is 2. The fourth-order valence-corrected chi connectivity index (χ4v) is 3.35. The second kappa shape index (κ2) is 8.20. The van der Waals surface area contributed by atoms with Crippen molar-refractivity contribution in [2.75, 3.05) is 27.4 Å². The number of likely N-dealkylation sites (N-methyl/N-ethyl adjacent to an activating group) is 1. The van der Waals surface area contributed by atoms with E-state index in [9.17, 15) is 9.59 Å². The summed E-state index contributed by atoms with van der Waals surface area (Å²) in [5, 5.41) is 9.35. The van der Waals surface area contributed by atoms with Crippen LogP contribution in [-0.4, -0.2) is 44.1 Å². The lowest BCUT2D eigenvalue weighted by Gasteiger charge is -2.23. The first-order valence-corrected chi connectivity index (χ1v) is 9.12. The molecule has 0 fully saturated rings. The molecule has 0 spiro atoms. The summed E-state index contributed by atoms with van der Waals surface area (Å²) in [6, 6.07) is 7.43. The van der Waals surface area contributed by atoms with Crippen molar-refractivity contribution in [3.63, 3.8) is 0 Å². The number of carbonyl (C=O) groups is 2. The van der Waals surface area contributed by atoms with E-state index >= 15 is 0 Å². The highest BCUT2D eigenvalue weighted by Crippen LogP contribution is 2.32. The van der Waals surface area contributed by atoms with Crippen LogP contribution >= 0.6 is 11.3 Å². The Balaban J connectivity index is 1.49. The molecule has 26 heavy (non-hydrogen) atoms. The van der Waals surface area contributed by atoms with E-state index in [1.165, 1.54) is 0 Å². The minimum atomic E-state index is -0.662. The maximum Gasteiger partial charge on any atom is 0.309 e. The number of rotatable bonds is 6. The zero-order chi connectivity index (χ0) is 18.5. The summed E-state index contributed by atoms with van der Waals surface area (Å²) in [4.78, 5) is 26.1. The van der Waals surface area contributed by atoms with Gasteiger partial charge in [-0.1, -0.05) is 6.07 Å². The second-order valence-corrected chi connectivity index (χ2v) is 6.90. The van der Waals surface area contributed by atoms with Crippen molar-refractivity contribution in [3.8, 4) is 11.5 Å². The number of hydrogen-bond acceptors (Lipinski definition) is 6. The van der Waals surface area contributed by atoms with Crippen molar-refractivity contribution in [2.24, 2.45) is 0 Å². The predicted octanol–water partition coefficient (Wildman–Crippen LogP) is 1.51. The van der Waals surface area contributed by atoms with Gasteiger partial charge >= 0.3 is 11.8 Å². The molecule has 1 aromatic carbocycles. The molecular weight excluding hydrogens is 354 g/mol. The van der Waals surface area contributed by atoms with Crippen molar-refractivity contribution in [2.45, 2.75) is 12.6 Å². The standard InChI is InChI=1S/C18H21N3O4S/c1-21(2)14(13-5-6-26-10-13)9-20-18(23)17(22)19-8-12-3-4-15-16(7-12)25-11-24-15/h3-7,10,14H,8-9,11H2,1-2H3,(H,19,22)(H,20,23)/t14-/m0/s1. The van der Waals surface area contributed by atoms with E-state index < -0.39 is 11.8 Å². The number of hydrogen-bond donors (Lipinski definition) is 2. The lowest BCUT2D eigenvalue weighted by molar-refractivity contribution is -0.139. The van der Waals surface area contributed by atoms with E-state index in [0.29, 0.717) is 18.0 Å². The quantitative estimate of drug-likeness (QED) is 0.749. The van der Waals surface area contributed by atoms with E-state index in [-0.39, 0.29) is 19.4 Å². The van der Waals surface area contributed by atoms with Gasteiger partial charge in [0.2, 0.25) is 6.79 Å². The lowest BCUT2D eigenvalue weighted by Crippen LogP contribution is -2.42. The Morgan fingerprint density at radius 2 is 1.92 bits per heavy atom. The minimum absolute atomic E-state index is 0.0202. The molecule has 0 saturated heterocycles. The third kappa shape index (κ3) is 4.33. The lowest BCUT2D eigenvalue weighted by atomic mass is 10.1. The highest BCUT2D eigenvalue weighted by Gasteiger charge is 2.19. The first kappa shape index (κ1) is 18.2. The predicted molar refractivity (Wildman–Crippen MR) is 98.2 cm³/mol. The summed E-state index contributed by atoms with van der Waals surface area (Å²) in [7, 11) is 3.88. The Hall–Kier alpha value is -2.58. The van der Waals surface area contributed by atoms with Gasteiger partial charge in [-0.25, -0.2) is 0 Å². The van der Waals surface area contributed by atoms with Crippen molar-refractivity contribution in [3.05, 3.63) is 46.2 Å². The van der Waals surface area contributed by atoms with Crippen molar-refractivity contribution in [1.29, 1.82) is 0 Å². The molecule has 1 aliphatic heterocycles. The number of fused-ring (bicyclic) bond motifs is 1. The van der Waals surface area contributed by atoms with E-state index in [4.69, 9.17) is 9.47 Å². The fraction of sp³-hybridized carbons (Fsp3) is 0.333. The summed E-state index contributed by atoms with van der Waals surface area (Å²) in [6.45, 7) is 0.801. The molecule has 2 N–H and O–H groups in total. The van der Waals surface area contributed by atoms with E-state index in [0.717, 1.165) is 11.1 Å². The van der Waals surface area contributed by atoms with Crippen LogP contribution in [0.2, 0.25) is 0 Å². The number of nitrogens with zero attached hydrogens (tertiary/aromatic N) is 1. The molecule has 2 heterocycles. The zero-order valence-corrected chi connectivity index (χ0v) is 15.5. The SMILES string of the molecule is CN(C)[C@@H](CNC(=O)C(=O)NCc1ccc2c(c1)OCO2)c1ccsc1. The van der Waals surface area contributed by atoms with Crippen LogP contribution in [-0.2, 0) is 16.1 Å². The van der Waals surface area contributed by atoms with Crippen LogP contribution in [0, 0.1) is 0 Å². The van der Waals surface area contributed by atoms with Crippen LogP contribution in [0.15, 0.2) is 35.0 Å². The topological polar surface area (TPSA) is 79.9 Å². The molecule has 2 amide bonds. The van der Waals surface area contributed by atoms with Crippen LogP contribution in [0.5, 0.6) is 11.5 Å². The average Bonchev–Trinajstić information content (AvgIpc) is 3.30. The molecule has 0 unspecified atom stereocenters. The van der Waals surface area contributed by atoms with Crippen LogP contribution in [0.3, 0.4) is 0 Å². The van der Waals surface area contributed by atoms with Crippen LogP contribution in [0.4, 0.5) is 0 Å². The largest absolute Gasteiger partial charge is 0.454 e. The third-order valence-electron chi connectivity index (χ3n) is 4.10. The van der Waals surface area contributed by atoms with Gasteiger partial charge in [0, 0.05) is 13.1 Å². The molecule has 1 aliphatic rings.